The second-order valence-corrected chi connectivity index (χ2v) is 5.45. The second kappa shape index (κ2) is 8.95. The third-order valence-corrected chi connectivity index (χ3v) is 3.80. The van der Waals surface area contributed by atoms with E-state index >= 15 is 0 Å². The molecule has 0 aromatic heterocycles. The summed E-state index contributed by atoms with van der Waals surface area (Å²) in [5.41, 5.74) is 0. The van der Waals surface area contributed by atoms with Crippen LogP contribution >= 0.6 is 0 Å². The number of carbonyl (C=O) groups excluding carboxylic acids is 1. The molecule has 1 N–H and O–H groups in total. The normalized spacial score (nSPS) is 21.9. The van der Waals surface area contributed by atoms with Gasteiger partial charge >= 0.3 is 5.97 Å². The Morgan fingerprint density at radius 3 is 2.50 bits per heavy atom. The lowest BCUT2D eigenvalue weighted by molar-refractivity contribution is -0.145. The Labute approximate surface area is 121 Å². The monoisotopic (exact) mass is 285 g/mol. The number of aliphatic carboxylic acids is 1. The summed E-state index contributed by atoms with van der Waals surface area (Å²) in [6.07, 6.45) is 5.59. The van der Waals surface area contributed by atoms with Gasteiger partial charge in [0.25, 0.3) is 0 Å². The molecule has 1 saturated heterocycles. The van der Waals surface area contributed by atoms with Crippen LogP contribution in [-0.2, 0) is 14.3 Å². The van der Waals surface area contributed by atoms with Crippen LogP contribution in [0.5, 0.6) is 0 Å². The van der Waals surface area contributed by atoms with E-state index < -0.39 is 11.9 Å². The van der Waals surface area contributed by atoms with Crippen LogP contribution in [0.1, 0.15) is 52.4 Å². The fraction of sp³-hybridized carbons (Fsp3) is 0.867. The minimum Gasteiger partial charge on any atom is -0.481 e. The summed E-state index contributed by atoms with van der Waals surface area (Å²) in [6.45, 7) is 5.31. The number of carboxylic acids is 1. The Morgan fingerprint density at radius 2 is 1.90 bits per heavy atom. The fourth-order valence-corrected chi connectivity index (χ4v) is 2.65. The molecule has 0 aliphatic carbocycles. The predicted octanol–water partition coefficient (Wildman–Crippen LogP) is 2.29. The number of carbonyl (C=O) groups is 2. The smallest absolute Gasteiger partial charge is 0.311 e. The first-order chi connectivity index (χ1) is 9.61. The van der Waals surface area contributed by atoms with E-state index in [9.17, 15) is 14.7 Å². The average molecular weight is 285 g/mol. The first-order valence-corrected chi connectivity index (χ1v) is 7.71. The lowest BCUT2D eigenvalue weighted by Crippen LogP contribution is -2.46. The third-order valence-electron chi connectivity index (χ3n) is 3.80. The highest BCUT2D eigenvalue weighted by atomic mass is 16.5. The van der Waals surface area contributed by atoms with Gasteiger partial charge in [-0.15, -0.1) is 0 Å². The first-order valence-electron chi connectivity index (χ1n) is 7.71. The summed E-state index contributed by atoms with van der Waals surface area (Å²) in [5.74, 6) is -1.38. The van der Waals surface area contributed by atoms with E-state index in [4.69, 9.17) is 4.74 Å². The van der Waals surface area contributed by atoms with Crippen LogP contribution in [-0.4, -0.2) is 47.7 Å². The molecule has 0 spiro atoms. The van der Waals surface area contributed by atoms with Crippen LogP contribution in [0.25, 0.3) is 0 Å². The Hall–Kier alpha value is -1.10. The van der Waals surface area contributed by atoms with Crippen molar-refractivity contribution >= 4 is 11.9 Å². The van der Waals surface area contributed by atoms with Gasteiger partial charge in [0.15, 0.2) is 0 Å². The van der Waals surface area contributed by atoms with Gasteiger partial charge in [-0.25, -0.2) is 0 Å². The number of ether oxygens (including phenoxy) is 1. The molecular formula is C15H27NO4. The van der Waals surface area contributed by atoms with Gasteiger partial charge in [-0.1, -0.05) is 33.1 Å². The molecule has 1 aliphatic rings. The summed E-state index contributed by atoms with van der Waals surface area (Å²) in [7, 11) is 0. The van der Waals surface area contributed by atoms with Crippen molar-refractivity contribution < 1.29 is 19.4 Å². The Balaban J connectivity index is 2.58. The number of rotatable bonds is 9. The zero-order chi connectivity index (χ0) is 15.0. The largest absolute Gasteiger partial charge is 0.481 e. The van der Waals surface area contributed by atoms with E-state index in [1.54, 1.807) is 4.90 Å². The maximum atomic E-state index is 12.3. The van der Waals surface area contributed by atoms with Gasteiger partial charge in [-0.2, -0.15) is 0 Å². The van der Waals surface area contributed by atoms with E-state index in [0.717, 1.165) is 32.1 Å². The zero-order valence-corrected chi connectivity index (χ0v) is 12.6. The molecular weight excluding hydrogens is 258 g/mol. The third kappa shape index (κ3) is 4.78. The van der Waals surface area contributed by atoms with Crippen molar-refractivity contribution in [3.05, 3.63) is 0 Å². The quantitative estimate of drug-likeness (QED) is 0.660. The van der Waals surface area contributed by atoms with Gasteiger partial charge in [0.2, 0.25) is 5.91 Å². The van der Waals surface area contributed by atoms with Crippen molar-refractivity contribution in [1.29, 1.82) is 0 Å². The van der Waals surface area contributed by atoms with Crippen LogP contribution in [0.15, 0.2) is 0 Å². The first kappa shape index (κ1) is 17.0. The molecule has 0 aromatic carbocycles. The number of unbranched alkanes of at least 4 members (excludes halogenated alkanes) is 3. The van der Waals surface area contributed by atoms with E-state index in [1.807, 2.05) is 6.92 Å². The molecule has 1 aliphatic heterocycles. The van der Waals surface area contributed by atoms with Crippen LogP contribution in [0.3, 0.4) is 0 Å². The molecule has 0 aromatic rings. The summed E-state index contributed by atoms with van der Waals surface area (Å²) in [6, 6.07) is -0.300. The molecule has 1 rings (SSSR count). The standard InChI is InChI=1S/C15H27NO4/c1-3-5-6-7-8-14(17)16(9-4-2)13-11-20-10-12(13)15(18)19/h12-13H,3-11H2,1-2H3,(H,18,19). The van der Waals surface area contributed by atoms with Gasteiger partial charge in [0.05, 0.1) is 19.3 Å². The highest BCUT2D eigenvalue weighted by molar-refractivity contribution is 5.78. The minimum atomic E-state index is -0.868. The highest BCUT2D eigenvalue weighted by Crippen LogP contribution is 2.22. The molecule has 2 atom stereocenters. The van der Waals surface area contributed by atoms with E-state index in [1.165, 1.54) is 0 Å². The second-order valence-electron chi connectivity index (χ2n) is 5.45. The SMILES string of the molecule is CCCCCCC(=O)N(CCC)C1COCC1C(=O)O. The molecule has 1 amide bonds. The lowest BCUT2D eigenvalue weighted by Gasteiger charge is -2.30. The van der Waals surface area contributed by atoms with Gasteiger partial charge < -0.3 is 14.7 Å². The lowest BCUT2D eigenvalue weighted by atomic mass is 10.0. The zero-order valence-electron chi connectivity index (χ0n) is 12.6. The van der Waals surface area contributed by atoms with Gasteiger partial charge in [-0.3, -0.25) is 9.59 Å². The van der Waals surface area contributed by atoms with E-state index in [0.29, 0.717) is 19.6 Å². The summed E-state index contributed by atoms with van der Waals surface area (Å²) in [5, 5.41) is 9.21. The van der Waals surface area contributed by atoms with Crippen LogP contribution in [0, 0.1) is 5.92 Å². The van der Waals surface area contributed by atoms with Crippen molar-refractivity contribution in [3.8, 4) is 0 Å². The van der Waals surface area contributed by atoms with Gasteiger partial charge in [0.1, 0.15) is 5.92 Å². The molecule has 116 valence electrons. The topological polar surface area (TPSA) is 66.8 Å². The number of carboxylic acid groups (broad SMARTS) is 1. The van der Waals surface area contributed by atoms with Crippen molar-refractivity contribution in [2.24, 2.45) is 5.92 Å². The molecule has 5 nitrogen and oxygen atoms in total. The molecule has 1 fully saturated rings. The van der Waals surface area contributed by atoms with E-state index in [2.05, 4.69) is 6.92 Å². The number of hydrogen-bond donors (Lipinski definition) is 1. The molecule has 5 heteroatoms. The molecule has 20 heavy (non-hydrogen) atoms. The van der Waals surface area contributed by atoms with Gasteiger partial charge in [-0.05, 0) is 12.8 Å². The molecule has 0 radical (unpaired) electrons. The van der Waals surface area contributed by atoms with Crippen molar-refractivity contribution in [2.45, 2.75) is 58.4 Å². The van der Waals surface area contributed by atoms with Gasteiger partial charge in [0, 0.05) is 13.0 Å². The number of hydrogen-bond acceptors (Lipinski definition) is 3. The summed E-state index contributed by atoms with van der Waals surface area (Å²) < 4.78 is 5.28. The van der Waals surface area contributed by atoms with Crippen LogP contribution < -0.4 is 0 Å². The highest BCUT2D eigenvalue weighted by Gasteiger charge is 2.39. The van der Waals surface area contributed by atoms with Crippen molar-refractivity contribution in [2.75, 3.05) is 19.8 Å². The fourth-order valence-electron chi connectivity index (χ4n) is 2.65. The van der Waals surface area contributed by atoms with Crippen LogP contribution in [0.2, 0.25) is 0 Å². The minimum absolute atomic E-state index is 0.0738. The maximum Gasteiger partial charge on any atom is 0.311 e. The molecule has 0 saturated carbocycles. The summed E-state index contributed by atoms with van der Waals surface area (Å²) >= 11 is 0. The predicted molar refractivity (Wildman–Crippen MR) is 76.5 cm³/mol. The van der Waals surface area contributed by atoms with Crippen molar-refractivity contribution in [1.82, 2.24) is 4.90 Å². The van der Waals surface area contributed by atoms with Crippen LogP contribution in [0.4, 0.5) is 0 Å². The molecule has 1 heterocycles. The Kier molecular flexibility index (Phi) is 7.59. The Morgan fingerprint density at radius 1 is 1.15 bits per heavy atom. The maximum absolute atomic E-state index is 12.3. The van der Waals surface area contributed by atoms with E-state index in [-0.39, 0.29) is 18.6 Å². The number of nitrogens with zero attached hydrogens (tertiary/aromatic N) is 1. The molecule has 2 unspecified atom stereocenters. The number of amides is 1. The van der Waals surface area contributed by atoms with Crippen molar-refractivity contribution in [3.63, 3.8) is 0 Å². The Bertz CT molecular complexity index is 319. The molecule has 0 bridgehead atoms. The average Bonchev–Trinajstić information content (AvgIpc) is 2.90. The summed E-state index contributed by atoms with van der Waals surface area (Å²) in [4.78, 5) is 25.3.